The maximum atomic E-state index is 13.0. The van der Waals surface area contributed by atoms with Gasteiger partial charge in [-0.3, -0.25) is 4.79 Å². The summed E-state index contributed by atoms with van der Waals surface area (Å²) in [5, 5.41) is 19.1. The van der Waals surface area contributed by atoms with E-state index in [1.54, 1.807) is 29.0 Å². The Morgan fingerprint density at radius 1 is 1.16 bits per heavy atom. The zero-order valence-electron chi connectivity index (χ0n) is 17.7. The minimum atomic E-state index is -0.323. The number of hydrogen-bond acceptors (Lipinski definition) is 5. The van der Waals surface area contributed by atoms with Crippen LogP contribution in [0.1, 0.15) is 21.6 Å². The van der Waals surface area contributed by atoms with E-state index in [1.165, 1.54) is 0 Å². The molecule has 4 rings (SSSR count). The summed E-state index contributed by atoms with van der Waals surface area (Å²) in [6.07, 6.45) is 3.49. The van der Waals surface area contributed by atoms with Gasteiger partial charge in [0.25, 0.3) is 5.91 Å². The van der Waals surface area contributed by atoms with Crippen LogP contribution in [0.15, 0.2) is 67.0 Å². The van der Waals surface area contributed by atoms with Gasteiger partial charge in [-0.25, -0.2) is 9.50 Å². The molecule has 0 atom stereocenters. The lowest BCUT2D eigenvalue weighted by molar-refractivity contribution is 0.102. The Kier molecular flexibility index (Phi) is 6.56. The molecule has 0 aliphatic carbocycles. The molecule has 2 heterocycles. The lowest BCUT2D eigenvalue weighted by atomic mass is 10.1. The molecule has 0 aliphatic rings. The van der Waals surface area contributed by atoms with Crippen molar-refractivity contribution >= 4 is 17.2 Å². The number of aliphatic hydroxyl groups is 1. The monoisotopic (exact) mass is 425 g/mol. The highest BCUT2D eigenvalue weighted by atomic mass is 16.3. The van der Waals surface area contributed by atoms with Crippen molar-refractivity contribution < 1.29 is 9.90 Å². The minimum Gasteiger partial charge on any atom is -0.395 e. The van der Waals surface area contributed by atoms with Crippen molar-refractivity contribution in [1.29, 1.82) is 0 Å². The summed E-state index contributed by atoms with van der Waals surface area (Å²) in [7, 11) is 0. The Balaban J connectivity index is 1.58. The van der Waals surface area contributed by atoms with E-state index < -0.39 is 0 Å². The summed E-state index contributed by atoms with van der Waals surface area (Å²) in [5.41, 5.74) is 5.23. The largest absolute Gasteiger partial charge is 0.395 e. The number of carbonyl (C=O) groups is 1. The van der Waals surface area contributed by atoms with Gasteiger partial charge in [0.2, 0.25) is 0 Å². The molecule has 7 nitrogen and oxygen atoms in total. The first-order valence-corrected chi connectivity index (χ1v) is 10.3. The van der Waals surface area contributed by atoms with E-state index in [-0.39, 0.29) is 12.5 Å². The van der Waals surface area contributed by atoms with Crippen LogP contribution in [0.4, 0.5) is 5.69 Å². The Morgan fingerprint density at radius 3 is 2.88 bits per heavy atom. The zero-order valence-corrected chi connectivity index (χ0v) is 17.7. The fraction of sp³-hybridized carbons (Fsp3) is 0.160. The van der Waals surface area contributed by atoms with E-state index in [9.17, 15) is 4.79 Å². The number of aliphatic hydroxyl groups excluding tert-OH is 1. The number of hydrogen-bond donors (Lipinski definition) is 3. The smallest absolute Gasteiger partial charge is 0.274 e. The second kappa shape index (κ2) is 9.88. The fourth-order valence-electron chi connectivity index (χ4n) is 3.27. The molecule has 160 valence electrons. The first kappa shape index (κ1) is 21.2. The molecule has 4 aromatic rings. The molecule has 0 spiro atoms. The van der Waals surface area contributed by atoms with Crippen LogP contribution in [-0.2, 0) is 0 Å². The third kappa shape index (κ3) is 4.83. The van der Waals surface area contributed by atoms with Gasteiger partial charge in [0.05, 0.1) is 25.0 Å². The number of para-hydroxylation sites is 1. The molecule has 2 aromatic heterocycles. The summed E-state index contributed by atoms with van der Waals surface area (Å²) in [4.78, 5) is 17.5. The van der Waals surface area contributed by atoms with Crippen LogP contribution < -0.4 is 10.6 Å². The zero-order chi connectivity index (χ0) is 22.3. The van der Waals surface area contributed by atoms with Crippen molar-refractivity contribution in [2.24, 2.45) is 0 Å². The number of benzene rings is 2. The van der Waals surface area contributed by atoms with Gasteiger partial charge in [-0.1, -0.05) is 53.8 Å². The van der Waals surface area contributed by atoms with Crippen LogP contribution in [0.25, 0.3) is 16.8 Å². The molecule has 32 heavy (non-hydrogen) atoms. The van der Waals surface area contributed by atoms with Crippen LogP contribution in [0.5, 0.6) is 0 Å². The van der Waals surface area contributed by atoms with Crippen molar-refractivity contribution in [3.8, 4) is 23.0 Å². The SMILES string of the molecule is Cc1cccc(-c2cnn3ccc(C(=O)Nc4ccccc4C#CCNCCO)nc23)c1. The topological polar surface area (TPSA) is 91.6 Å². The fourth-order valence-corrected chi connectivity index (χ4v) is 3.27. The highest BCUT2D eigenvalue weighted by molar-refractivity contribution is 6.04. The first-order chi connectivity index (χ1) is 15.7. The summed E-state index contributed by atoms with van der Waals surface area (Å²) in [5.74, 6) is 5.71. The molecule has 0 fully saturated rings. The van der Waals surface area contributed by atoms with E-state index in [1.807, 2.05) is 43.3 Å². The molecule has 2 aromatic carbocycles. The Morgan fingerprint density at radius 2 is 2.03 bits per heavy atom. The average Bonchev–Trinajstić information content (AvgIpc) is 3.23. The Bertz CT molecular complexity index is 1320. The van der Waals surface area contributed by atoms with Gasteiger partial charge in [-0.15, -0.1) is 0 Å². The standard InChI is InChI=1S/C25H23N5O2/c1-18-6-4-8-20(16-18)21-17-27-30-14-11-23(28-24(21)30)25(32)29-22-10-3-2-7-19(22)9-5-12-26-13-15-31/h2-4,6-8,10-11,14,16-17,26,31H,12-13,15H2,1H3,(H,29,32). The molecule has 0 saturated heterocycles. The number of nitrogens with one attached hydrogen (secondary N) is 2. The van der Waals surface area contributed by atoms with Crippen LogP contribution in [0.2, 0.25) is 0 Å². The molecule has 7 heteroatoms. The molecule has 0 bridgehead atoms. The van der Waals surface area contributed by atoms with Gasteiger partial charge in [-0.2, -0.15) is 5.10 Å². The second-order valence-corrected chi connectivity index (χ2v) is 7.21. The third-order valence-electron chi connectivity index (χ3n) is 4.83. The van der Waals surface area contributed by atoms with E-state index in [0.717, 1.165) is 16.7 Å². The van der Waals surface area contributed by atoms with Crippen molar-refractivity contribution in [3.05, 3.63) is 83.8 Å². The normalized spacial score (nSPS) is 10.6. The number of amides is 1. The third-order valence-corrected chi connectivity index (χ3v) is 4.83. The van der Waals surface area contributed by atoms with Crippen LogP contribution >= 0.6 is 0 Å². The highest BCUT2D eigenvalue weighted by Gasteiger charge is 2.14. The molecule has 0 radical (unpaired) electrons. The Hall–Kier alpha value is -3.99. The summed E-state index contributed by atoms with van der Waals surface area (Å²) in [6, 6.07) is 17.1. The number of nitrogens with zero attached hydrogens (tertiary/aromatic N) is 3. The molecule has 0 saturated carbocycles. The van der Waals surface area contributed by atoms with Crippen molar-refractivity contribution in [2.75, 3.05) is 25.0 Å². The second-order valence-electron chi connectivity index (χ2n) is 7.21. The van der Waals surface area contributed by atoms with Gasteiger partial charge in [-0.05, 0) is 30.7 Å². The van der Waals surface area contributed by atoms with Gasteiger partial charge in [0.15, 0.2) is 5.65 Å². The van der Waals surface area contributed by atoms with Crippen LogP contribution in [0, 0.1) is 18.8 Å². The number of anilines is 1. The summed E-state index contributed by atoms with van der Waals surface area (Å²) >= 11 is 0. The van der Waals surface area contributed by atoms with Gasteiger partial charge in [0, 0.05) is 23.9 Å². The number of aromatic nitrogens is 3. The number of aryl methyl sites for hydroxylation is 1. The quantitative estimate of drug-likeness (QED) is 0.326. The number of carbonyl (C=O) groups excluding carboxylic acids is 1. The molecule has 0 aliphatic heterocycles. The minimum absolute atomic E-state index is 0.0639. The van der Waals surface area contributed by atoms with Gasteiger partial charge in [0.1, 0.15) is 5.69 Å². The first-order valence-electron chi connectivity index (χ1n) is 10.3. The molecule has 0 unspecified atom stereocenters. The number of rotatable bonds is 6. The summed E-state index contributed by atoms with van der Waals surface area (Å²) < 4.78 is 1.66. The molecule has 1 amide bonds. The van der Waals surface area contributed by atoms with E-state index in [4.69, 9.17) is 5.11 Å². The molecular formula is C25H23N5O2. The summed E-state index contributed by atoms with van der Waals surface area (Å²) in [6.45, 7) is 3.03. The lowest BCUT2D eigenvalue weighted by Crippen LogP contribution is -2.18. The van der Waals surface area contributed by atoms with Gasteiger partial charge >= 0.3 is 0 Å². The van der Waals surface area contributed by atoms with Crippen molar-refractivity contribution in [2.45, 2.75) is 6.92 Å². The van der Waals surface area contributed by atoms with Crippen molar-refractivity contribution in [3.63, 3.8) is 0 Å². The van der Waals surface area contributed by atoms with E-state index >= 15 is 0 Å². The van der Waals surface area contributed by atoms with Crippen LogP contribution in [0.3, 0.4) is 0 Å². The predicted octanol–water partition coefficient (Wildman–Crippen LogP) is 2.89. The highest BCUT2D eigenvalue weighted by Crippen LogP contribution is 2.24. The molecular weight excluding hydrogens is 402 g/mol. The maximum absolute atomic E-state index is 13.0. The lowest BCUT2D eigenvalue weighted by Gasteiger charge is -2.08. The van der Waals surface area contributed by atoms with E-state index in [2.05, 4.69) is 38.6 Å². The van der Waals surface area contributed by atoms with Crippen LogP contribution in [-0.4, -0.2) is 45.3 Å². The van der Waals surface area contributed by atoms with Crippen molar-refractivity contribution in [1.82, 2.24) is 19.9 Å². The Labute approximate surface area is 186 Å². The van der Waals surface area contributed by atoms with E-state index in [0.29, 0.717) is 35.7 Å². The predicted molar refractivity (Wildman–Crippen MR) is 124 cm³/mol. The number of fused-ring (bicyclic) bond motifs is 1. The maximum Gasteiger partial charge on any atom is 0.274 e. The average molecular weight is 425 g/mol. The molecule has 3 N–H and O–H groups in total. The van der Waals surface area contributed by atoms with Gasteiger partial charge < -0.3 is 15.7 Å².